The normalized spacial score (nSPS) is 21.9. The van der Waals surface area contributed by atoms with Crippen molar-refractivity contribution in [2.75, 3.05) is 26.2 Å². The van der Waals surface area contributed by atoms with Crippen LogP contribution in [0, 0.1) is 5.41 Å². The van der Waals surface area contributed by atoms with E-state index in [2.05, 4.69) is 36.1 Å². The largest absolute Gasteiger partial charge is 0.357 e. The summed E-state index contributed by atoms with van der Waals surface area (Å²) in [5, 5.41) is 7.69. The molecule has 1 atom stereocenters. The predicted octanol–water partition coefficient (Wildman–Crippen LogP) is 3.37. The van der Waals surface area contributed by atoms with Gasteiger partial charge in [0.15, 0.2) is 5.96 Å². The Hall–Kier alpha value is -0.790. The van der Waals surface area contributed by atoms with Gasteiger partial charge in [-0.05, 0) is 37.7 Å². The summed E-state index contributed by atoms with van der Waals surface area (Å²) in [5.41, 5.74) is 0.436. The Kier molecular flexibility index (Phi) is 8.94. The number of hydrogen-bond acceptors (Lipinski definition) is 2. The maximum Gasteiger partial charge on any atom is 0.193 e. The fourth-order valence-electron chi connectivity index (χ4n) is 3.42. The number of likely N-dealkylation sites (tertiary alicyclic amines) is 1. The van der Waals surface area contributed by atoms with Gasteiger partial charge in [-0.3, -0.25) is 9.67 Å². The quantitative estimate of drug-likeness (QED) is 0.425. The van der Waals surface area contributed by atoms with Crippen molar-refractivity contribution in [3.63, 3.8) is 0 Å². The van der Waals surface area contributed by atoms with E-state index in [1.807, 2.05) is 23.1 Å². The van der Waals surface area contributed by atoms with Gasteiger partial charge >= 0.3 is 0 Å². The molecule has 1 saturated heterocycles. The Morgan fingerprint density at radius 2 is 2.22 bits per heavy atom. The highest BCUT2D eigenvalue weighted by Gasteiger charge is 2.31. The number of aliphatic imine (C=N–C) groups is 1. The molecule has 1 aromatic heterocycles. The summed E-state index contributed by atoms with van der Waals surface area (Å²) in [4.78, 5) is 7.26. The lowest BCUT2D eigenvalue weighted by atomic mass is 9.78. The van der Waals surface area contributed by atoms with Crippen molar-refractivity contribution in [3.05, 3.63) is 18.5 Å². The molecule has 0 saturated carbocycles. The second-order valence-electron chi connectivity index (χ2n) is 6.59. The smallest absolute Gasteiger partial charge is 0.193 e. The van der Waals surface area contributed by atoms with Crippen molar-refractivity contribution in [2.45, 2.75) is 53.0 Å². The lowest BCUT2D eigenvalue weighted by molar-refractivity contribution is 0.142. The van der Waals surface area contributed by atoms with Gasteiger partial charge in [-0.25, -0.2) is 0 Å². The van der Waals surface area contributed by atoms with Gasteiger partial charge in [0.2, 0.25) is 0 Å². The molecule has 2 rings (SSSR count). The molecule has 0 aromatic carbocycles. The van der Waals surface area contributed by atoms with Crippen LogP contribution in [0.1, 0.15) is 46.5 Å². The summed E-state index contributed by atoms with van der Waals surface area (Å²) in [6.45, 7) is 11.6. The van der Waals surface area contributed by atoms with Crippen LogP contribution in [-0.4, -0.2) is 46.8 Å². The second-order valence-corrected chi connectivity index (χ2v) is 6.59. The molecule has 1 aliphatic heterocycles. The van der Waals surface area contributed by atoms with E-state index in [0.717, 1.165) is 38.7 Å². The third-order valence-electron chi connectivity index (χ3n) is 4.42. The Morgan fingerprint density at radius 1 is 1.39 bits per heavy atom. The minimum absolute atomic E-state index is 0. The number of rotatable bonds is 6. The van der Waals surface area contributed by atoms with E-state index in [9.17, 15) is 0 Å². The Morgan fingerprint density at radius 3 is 2.87 bits per heavy atom. The fourth-order valence-corrected chi connectivity index (χ4v) is 3.42. The van der Waals surface area contributed by atoms with Gasteiger partial charge in [0, 0.05) is 32.0 Å². The average molecular weight is 433 g/mol. The molecule has 0 radical (unpaired) electrons. The summed E-state index contributed by atoms with van der Waals surface area (Å²) < 4.78 is 1.93. The van der Waals surface area contributed by atoms with Gasteiger partial charge in [0.05, 0.1) is 13.1 Å². The lowest BCUT2D eigenvalue weighted by Crippen LogP contribution is -2.50. The molecule has 1 N–H and O–H groups in total. The Balaban J connectivity index is 0.00000264. The van der Waals surface area contributed by atoms with Gasteiger partial charge in [-0.2, -0.15) is 5.10 Å². The molecular weight excluding hydrogens is 401 g/mol. The third-order valence-corrected chi connectivity index (χ3v) is 4.42. The van der Waals surface area contributed by atoms with Gasteiger partial charge in [0.1, 0.15) is 0 Å². The van der Waals surface area contributed by atoms with Crippen molar-refractivity contribution in [1.82, 2.24) is 20.0 Å². The molecule has 0 aliphatic carbocycles. The average Bonchev–Trinajstić information content (AvgIpc) is 2.99. The van der Waals surface area contributed by atoms with Crippen molar-refractivity contribution in [2.24, 2.45) is 10.4 Å². The highest BCUT2D eigenvalue weighted by atomic mass is 127. The number of hydrogen-bond donors (Lipinski definition) is 1. The number of guanidine groups is 1. The van der Waals surface area contributed by atoms with Crippen LogP contribution in [0.3, 0.4) is 0 Å². The summed E-state index contributed by atoms with van der Waals surface area (Å²) in [6, 6.07) is 1.95. The molecule has 1 unspecified atom stereocenters. The first-order valence-corrected chi connectivity index (χ1v) is 8.67. The fraction of sp³-hybridized carbons (Fsp3) is 0.765. The first kappa shape index (κ1) is 20.3. The SMILES string of the molecule is CCCC1(C)CCCN(C(=NCCn2cccn2)NCC)C1.I. The van der Waals surface area contributed by atoms with Crippen LogP contribution in [-0.2, 0) is 6.54 Å². The van der Waals surface area contributed by atoms with Crippen LogP contribution < -0.4 is 5.32 Å². The molecule has 0 amide bonds. The number of piperidine rings is 1. The summed E-state index contributed by atoms with van der Waals surface area (Å²) in [7, 11) is 0. The van der Waals surface area contributed by atoms with Gasteiger partial charge in [-0.1, -0.05) is 20.3 Å². The molecule has 0 bridgehead atoms. The number of nitrogens with one attached hydrogen (secondary N) is 1. The topological polar surface area (TPSA) is 45.5 Å². The van der Waals surface area contributed by atoms with Crippen LogP contribution >= 0.6 is 24.0 Å². The Labute approximate surface area is 157 Å². The van der Waals surface area contributed by atoms with Gasteiger partial charge in [-0.15, -0.1) is 24.0 Å². The van der Waals surface area contributed by atoms with Gasteiger partial charge < -0.3 is 10.2 Å². The van der Waals surface area contributed by atoms with E-state index in [1.54, 1.807) is 0 Å². The molecule has 6 heteroatoms. The van der Waals surface area contributed by atoms with Crippen LogP contribution in [0.5, 0.6) is 0 Å². The Bertz CT molecular complexity index is 456. The van der Waals surface area contributed by atoms with Crippen molar-refractivity contribution in [3.8, 4) is 0 Å². The molecule has 2 heterocycles. The molecule has 5 nitrogen and oxygen atoms in total. The number of aromatic nitrogens is 2. The zero-order valence-corrected chi connectivity index (χ0v) is 17.1. The maximum atomic E-state index is 4.81. The van der Waals surface area contributed by atoms with E-state index in [0.29, 0.717) is 5.41 Å². The minimum atomic E-state index is 0. The molecular formula is C17H32IN5. The second kappa shape index (κ2) is 10.2. The summed E-state index contributed by atoms with van der Waals surface area (Å²) >= 11 is 0. The monoisotopic (exact) mass is 433 g/mol. The number of nitrogens with zero attached hydrogens (tertiary/aromatic N) is 4. The highest BCUT2D eigenvalue weighted by molar-refractivity contribution is 14.0. The van der Waals surface area contributed by atoms with Crippen molar-refractivity contribution >= 4 is 29.9 Å². The summed E-state index contributed by atoms with van der Waals surface area (Å²) in [5.74, 6) is 1.07. The van der Waals surface area contributed by atoms with E-state index >= 15 is 0 Å². The molecule has 23 heavy (non-hydrogen) atoms. The van der Waals surface area contributed by atoms with E-state index in [1.165, 1.54) is 25.7 Å². The van der Waals surface area contributed by atoms with E-state index < -0.39 is 0 Å². The van der Waals surface area contributed by atoms with Crippen molar-refractivity contribution < 1.29 is 0 Å². The minimum Gasteiger partial charge on any atom is -0.357 e. The zero-order chi connectivity index (χ0) is 15.8. The van der Waals surface area contributed by atoms with E-state index in [-0.39, 0.29) is 24.0 Å². The predicted molar refractivity (Wildman–Crippen MR) is 107 cm³/mol. The lowest BCUT2D eigenvalue weighted by Gasteiger charge is -2.42. The molecule has 0 spiro atoms. The molecule has 132 valence electrons. The number of halogens is 1. The van der Waals surface area contributed by atoms with Crippen LogP contribution in [0.25, 0.3) is 0 Å². The van der Waals surface area contributed by atoms with Crippen LogP contribution in [0.2, 0.25) is 0 Å². The first-order chi connectivity index (χ1) is 10.7. The highest BCUT2D eigenvalue weighted by Crippen LogP contribution is 2.33. The molecule has 1 aromatic rings. The first-order valence-electron chi connectivity index (χ1n) is 8.67. The standard InChI is InChI=1S/C17H31N5.HI/c1-4-8-17(3)9-6-12-21(15-17)16(18-5-2)19-11-14-22-13-7-10-20-22;/h7,10,13H,4-6,8-9,11-12,14-15H2,1-3H3,(H,18,19);1H. The molecule has 1 fully saturated rings. The molecule has 1 aliphatic rings. The van der Waals surface area contributed by atoms with Crippen molar-refractivity contribution in [1.29, 1.82) is 0 Å². The van der Waals surface area contributed by atoms with Crippen LogP contribution in [0.4, 0.5) is 0 Å². The maximum absolute atomic E-state index is 4.81. The zero-order valence-electron chi connectivity index (χ0n) is 14.8. The summed E-state index contributed by atoms with van der Waals surface area (Å²) in [6.07, 6.45) is 8.97. The van der Waals surface area contributed by atoms with Crippen LogP contribution in [0.15, 0.2) is 23.5 Å². The van der Waals surface area contributed by atoms with Gasteiger partial charge in [0.25, 0.3) is 0 Å². The van der Waals surface area contributed by atoms with E-state index in [4.69, 9.17) is 4.99 Å². The third kappa shape index (κ3) is 6.31.